The topological polar surface area (TPSA) is 20.2 Å². The van der Waals surface area contributed by atoms with E-state index in [4.69, 9.17) is 0 Å². The maximum atomic E-state index is 9.66. The lowest BCUT2D eigenvalue weighted by atomic mass is 10.0. The van der Waals surface area contributed by atoms with Crippen molar-refractivity contribution in [3.05, 3.63) is 48.6 Å². The number of rotatable bonds is 4. The largest absolute Gasteiger partial charge is 0.508 e. The van der Waals surface area contributed by atoms with Gasteiger partial charge in [-0.2, -0.15) is 0 Å². The number of phenolic OH excluding ortho intramolecular Hbond substituents is 1. The molecule has 0 aliphatic carbocycles. The molecule has 0 unspecified atom stereocenters. The molecule has 2 heteroatoms. The van der Waals surface area contributed by atoms with Crippen LogP contribution in [0.3, 0.4) is 0 Å². The van der Waals surface area contributed by atoms with Gasteiger partial charge < -0.3 is 5.11 Å². The number of benzene rings is 1. The highest BCUT2D eigenvalue weighted by molar-refractivity contribution is 7.80. The van der Waals surface area contributed by atoms with Crippen molar-refractivity contribution in [1.29, 1.82) is 0 Å². The van der Waals surface area contributed by atoms with Gasteiger partial charge in [-0.05, 0) is 30.5 Å². The molecule has 0 fully saturated rings. The average molecular weight is 206 g/mol. The van der Waals surface area contributed by atoms with E-state index < -0.39 is 0 Å². The minimum absolute atomic E-state index is 0.305. The van der Waals surface area contributed by atoms with E-state index in [1.807, 2.05) is 0 Å². The second kappa shape index (κ2) is 4.91. The molecule has 0 atom stereocenters. The number of allylic oxidation sites excluding steroid dienone is 2. The van der Waals surface area contributed by atoms with Gasteiger partial charge in [0.1, 0.15) is 5.75 Å². The normalized spacial score (nSPS) is 9.79. The van der Waals surface area contributed by atoms with Crippen LogP contribution in [0.1, 0.15) is 11.1 Å². The molecule has 0 aliphatic rings. The molecular formula is C12H14OS. The number of hydrogen-bond acceptors (Lipinski definition) is 2. The van der Waals surface area contributed by atoms with Crippen LogP contribution in [-0.2, 0) is 12.8 Å². The third-order valence-electron chi connectivity index (χ3n) is 2.08. The first-order valence-electron chi connectivity index (χ1n) is 4.45. The number of phenols is 1. The van der Waals surface area contributed by atoms with E-state index in [2.05, 4.69) is 25.8 Å². The summed E-state index contributed by atoms with van der Waals surface area (Å²) in [5.41, 5.74) is 1.93. The lowest BCUT2D eigenvalue weighted by Crippen LogP contribution is -1.94. The Bertz CT molecular complexity index is 321. The van der Waals surface area contributed by atoms with Crippen LogP contribution in [0.5, 0.6) is 5.75 Å². The third-order valence-corrected chi connectivity index (χ3v) is 2.50. The Hall–Kier alpha value is -1.15. The lowest BCUT2D eigenvalue weighted by Gasteiger charge is -2.10. The van der Waals surface area contributed by atoms with Crippen molar-refractivity contribution in [2.75, 3.05) is 0 Å². The van der Waals surface area contributed by atoms with E-state index in [9.17, 15) is 5.11 Å². The number of hydrogen-bond donors (Lipinski definition) is 2. The van der Waals surface area contributed by atoms with Gasteiger partial charge in [0, 0.05) is 10.5 Å². The molecule has 1 aromatic carbocycles. The van der Waals surface area contributed by atoms with E-state index in [0.717, 1.165) is 22.4 Å². The zero-order valence-electron chi connectivity index (χ0n) is 8.03. The quantitative estimate of drug-likeness (QED) is 0.573. The molecule has 0 aromatic heterocycles. The molecule has 0 aliphatic heterocycles. The summed E-state index contributed by atoms with van der Waals surface area (Å²) in [6.45, 7) is 7.35. The predicted octanol–water partition coefficient (Wildman–Crippen LogP) is 3.14. The Morgan fingerprint density at radius 1 is 1.14 bits per heavy atom. The van der Waals surface area contributed by atoms with Gasteiger partial charge in [0.05, 0.1) is 0 Å². The van der Waals surface area contributed by atoms with Gasteiger partial charge in [-0.25, -0.2) is 0 Å². The molecule has 0 bridgehead atoms. The number of aromatic hydroxyl groups is 1. The summed E-state index contributed by atoms with van der Waals surface area (Å²) in [6, 6.07) is 3.46. The summed E-state index contributed by atoms with van der Waals surface area (Å²) in [5, 5.41) is 9.66. The predicted molar refractivity (Wildman–Crippen MR) is 63.2 cm³/mol. The van der Waals surface area contributed by atoms with Gasteiger partial charge in [-0.15, -0.1) is 25.8 Å². The molecule has 0 saturated heterocycles. The maximum Gasteiger partial charge on any atom is 0.119 e. The Labute approximate surface area is 90.2 Å². The lowest BCUT2D eigenvalue weighted by molar-refractivity contribution is 0.468. The molecule has 1 rings (SSSR count). The third kappa shape index (κ3) is 2.20. The SMILES string of the molecule is C=CCc1c(O)ccc(S)c1CC=C. The molecule has 0 heterocycles. The van der Waals surface area contributed by atoms with Crippen molar-refractivity contribution in [1.82, 2.24) is 0 Å². The molecule has 1 nitrogen and oxygen atoms in total. The van der Waals surface area contributed by atoms with Crippen molar-refractivity contribution in [3.63, 3.8) is 0 Å². The van der Waals surface area contributed by atoms with E-state index >= 15 is 0 Å². The molecule has 0 radical (unpaired) electrons. The molecule has 74 valence electrons. The maximum absolute atomic E-state index is 9.66. The zero-order valence-corrected chi connectivity index (χ0v) is 8.93. The Kier molecular flexibility index (Phi) is 3.84. The second-order valence-electron chi connectivity index (χ2n) is 3.05. The first-order chi connectivity index (χ1) is 6.70. The van der Waals surface area contributed by atoms with Crippen molar-refractivity contribution < 1.29 is 5.11 Å². The Balaban J connectivity index is 3.24. The van der Waals surface area contributed by atoms with E-state index in [1.54, 1.807) is 24.3 Å². The van der Waals surface area contributed by atoms with Crippen LogP contribution in [0.2, 0.25) is 0 Å². The average Bonchev–Trinajstić information content (AvgIpc) is 2.17. The minimum Gasteiger partial charge on any atom is -0.508 e. The molecule has 1 aromatic rings. The monoisotopic (exact) mass is 206 g/mol. The molecule has 1 N–H and O–H groups in total. The molecule has 0 amide bonds. The molecular weight excluding hydrogens is 192 g/mol. The molecule has 14 heavy (non-hydrogen) atoms. The van der Waals surface area contributed by atoms with Crippen LogP contribution < -0.4 is 0 Å². The fraction of sp³-hybridized carbons (Fsp3) is 0.167. The summed E-state index contributed by atoms with van der Waals surface area (Å²) in [4.78, 5) is 0.888. The van der Waals surface area contributed by atoms with Crippen molar-refractivity contribution >= 4 is 12.6 Å². The first-order valence-corrected chi connectivity index (χ1v) is 4.90. The van der Waals surface area contributed by atoms with Crippen molar-refractivity contribution in [3.8, 4) is 5.75 Å². The van der Waals surface area contributed by atoms with Gasteiger partial charge in [0.25, 0.3) is 0 Å². The second-order valence-corrected chi connectivity index (χ2v) is 3.53. The summed E-state index contributed by atoms with van der Waals surface area (Å²) in [7, 11) is 0. The van der Waals surface area contributed by atoms with Gasteiger partial charge in [0.15, 0.2) is 0 Å². The van der Waals surface area contributed by atoms with Gasteiger partial charge >= 0.3 is 0 Å². The fourth-order valence-corrected chi connectivity index (χ4v) is 1.71. The van der Waals surface area contributed by atoms with Gasteiger partial charge in [-0.3, -0.25) is 0 Å². The first kappa shape index (κ1) is 10.9. The van der Waals surface area contributed by atoms with E-state index in [1.165, 1.54) is 0 Å². The summed E-state index contributed by atoms with van der Waals surface area (Å²) in [5.74, 6) is 0.305. The summed E-state index contributed by atoms with van der Waals surface area (Å²) >= 11 is 4.35. The van der Waals surface area contributed by atoms with Crippen molar-refractivity contribution in [2.45, 2.75) is 17.7 Å². The smallest absolute Gasteiger partial charge is 0.119 e. The molecule has 0 spiro atoms. The van der Waals surface area contributed by atoms with Crippen LogP contribution >= 0.6 is 12.6 Å². The van der Waals surface area contributed by atoms with Crippen LogP contribution in [0.25, 0.3) is 0 Å². The Morgan fingerprint density at radius 2 is 1.71 bits per heavy atom. The fourth-order valence-electron chi connectivity index (χ4n) is 1.41. The van der Waals surface area contributed by atoms with Crippen LogP contribution in [0.4, 0.5) is 0 Å². The highest BCUT2D eigenvalue weighted by Crippen LogP contribution is 2.28. The van der Waals surface area contributed by atoms with Gasteiger partial charge in [-0.1, -0.05) is 12.2 Å². The summed E-state index contributed by atoms with van der Waals surface area (Å²) in [6.07, 6.45) is 4.95. The summed E-state index contributed by atoms with van der Waals surface area (Å²) < 4.78 is 0. The number of thiol groups is 1. The van der Waals surface area contributed by atoms with Crippen LogP contribution in [0, 0.1) is 0 Å². The minimum atomic E-state index is 0.305. The highest BCUT2D eigenvalue weighted by atomic mass is 32.1. The standard InChI is InChI=1S/C12H14OS/c1-3-5-9-10(6-4-2)12(14)8-7-11(9)13/h3-4,7-8,13-14H,1-2,5-6H2. The highest BCUT2D eigenvalue weighted by Gasteiger charge is 2.08. The van der Waals surface area contributed by atoms with Crippen LogP contribution in [0.15, 0.2) is 42.3 Å². The Morgan fingerprint density at radius 3 is 2.29 bits per heavy atom. The zero-order chi connectivity index (χ0) is 10.6. The van der Waals surface area contributed by atoms with E-state index in [-0.39, 0.29) is 0 Å². The van der Waals surface area contributed by atoms with Crippen molar-refractivity contribution in [2.24, 2.45) is 0 Å². The van der Waals surface area contributed by atoms with Gasteiger partial charge in [0.2, 0.25) is 0 Å². The molecule has 0 saturated carbocycles. The van der Waals surface area contributed by atoms with E-state index in [0.29, 0.717) is 12.2 Å². The van der Waals surface area contributed by atoms with Crippen LogP contribution in [-0.4, -0.2) is 5.11 Å².